The first-order chi connectivity index (χ1) is 10.1. The smallest absolute Gasteiger partial charge is 0.220 e. The van der Waals surface area contributed by atoms with E-state index in [1.165, 1.54) is 0 Å². The van der Waals surface area contributed by atoms with Crippen LogP contribution in [0, 0.1) is 13.8 Å². The first-order valence-electron chi connectivity index (χ1n) is 6.99. The van der Waals surface area contributed by atoms with Crippen LogP contribution in [-0.4, -0.2) is 22.7 Å². The van der Waals surface area contributed by atoms with E-state index in [1.807, 2.05) is 44.2 Å². The first kappa shape index (κ1) is 15.3. The minimum Gasteiger partial charge on any atom is -0.387 e. The van der Waals surface area contributed by atoms with Crippen molar-refractivity contribution in [3.05, 3.63) is 52.9 Å². The lowest BCUT2D eigenvalue weighted by atomic mass is 10.1. The van der Waals surface area contributed by atoms with Crippen molar-refractivity contribution >= 4 is 5.91 Å². The zero-order chi connectivity index (χ0) is 15.2. The summed E-state index contributed by atoms with van der Waals surface area (Å²) in [7, 11) is 0. The molecule has 5 nitrogen and oxygen atoms in total. The van der Waals surface area contributed by atoms with Crippen molar-refractivity contribution in [2.45, 2.75) is 32.8 Å². The van der Waals surface area contributed by atoms with Gasteiger partial charge in [-0.25, -0.2) is 0 Å². The monoisotopic (exact) mass is 288 g/mol. The Kier molecular flexibility index (Phi) is 5.11. The molecule has 0 fully saturated rings. The van der Waals surface area contributed by atoms with Gasteiger partial charge in [0.15, 0.2) is 0 Å². The second-order valence-corrected chi connectivity index (χ2v) is 5.03. The number of nitrogens with zero attached hydrogens (tertiary/aromatic N) is 1. The number of carbonyl (C=O) groups excluding carboxylic acids is 1. The Morgan fingerprint density at radius 3 is 2.67 bits per heavy atom. The molecule has 1 aromatic heterocycles. The number of aliphatic hydroxyl groups excluding tert-OH is 1. The summed E-state index contributed by atoms with van der Waals surface area (Å²) < 4.78 is 5.06. The molecule has 1 atom stereocenters. The Bertz CT molecular complexity index is 573. The Morgan fingerprint density at radius 2 is 2.05 bits per heavy atom. The molecule has 0 aliphatic heterocycles. The van der Waals surface area contributed by atoms with Gasteiger partial charge in [0.25, 0.3) is 0 Å². The number of rotatable bonds is 6. The van der Waals surface area contributed by atoms with Crippen LogP contribution in [0.3, 0.4) is 0 Å². The average molecular weight is 288 g/mol. The molecule has 1 heterocycles. The van der Waals surface area contributed by atoms with Gasteiger partial charge in [-0.15, -0.1) is 0 Å². The standard InChI is InChI=1S/C16H20N2O3/c1-11-14(12(2)21-18-11)8-9-16(20)17-10-15(19)13-6-4-3-5-7-13/h3-7,15,19H,8-10H2,1-2H3,(H,17,20). The fraction of sp³-hybridized carbons (Fsp3) is 0.375. The Balaban J connectivity index is 1.78. The minimum absolute atomic E-state index is 0.0926. The average Bonchev–Trinajstić information content (AvgIpc) is 2.82. The summed E-state index contributed by atoms with van der Waals surface area (Å²) in [4.78, 5) is 11.8. The molecule has 2 rings (SSSR count). The van der Waals surface area contributed by atoms with E-state index in [1.54, 1.807) is 0 Å². The highest BCUT2D eigenvalue weighted by atomic mass is 16.5. The number of aliphatic hydroxyl groups is 1. The molecule has 5 heteroatoms. The van der Waals surface area contributed by atoms with Crippen LogP contribution in [0.25, 0.3) is 0 Å². The molecule has 112 valence electrons. The summed E-state index contributed by atoms with van der Waals surface area (Å²) in [6, 6.07) is 9.27. The van der Waals surface area contributed by atoms with E-state index in [4.69, 9.17) is 4.52 Å². The molecule has 21 heavy (non-hydrogen) atoms. The van der Waals surface area contributed by atoms with Gasteiger partial charge in [0.05, 0.1) is 11.8 Å². The predicted octanol–water partition coefficient (Wildman–Crippen LogP) is 2.07. The fourth-order valence-corrected chi connectivity index (χ4v) is 2.19. The number of hydrogen-bond donors (Lipinski definition) is 2. The number of hydrogen-bond acceptors (Lipinski definition) is 4. The van der Waals surface area contributed by atoms with Crippen LogP contribution in [0.4, 0.5) is 0 Å². The van der Waals surface area contributed by atoms with E-state index in [0.717, 1.165) is 22.6 Å². The molecule has 0 aliphatic carbocycles. The molecule has 0 spiro atoms. The van der Waals surface area contributed by atoms with E-state index in [-0.39, 0.29) is 12.5 Å². The molecular formula is C16H20N2O3. The quantitative estimate of drug-likeness (QED) is 0.853. The molecule has 2 aromatic rings. The molecule has 0 radical (unpaired) electrons. The number of aromatic nitrogens is 1. The van der Waals surface area contributed by atoms with Crippen LogP contribution in [0.1, 0.15) is 35.1 Å². The maximum atomic E-state index is 11.8. The van der Waals surface area contributed by atoms with E-state index < -0.39 is 6.10 Å². The highest BCUT2D eigenvalue weighted by molar-refractivity contribution is 5.76. The normalized spacial score (nSPS) is 12.1. The van der Waals surface area contributed by atoms with Gasteiger partial charge in [0.1, 0.15) is 5.76 Å². The maximum absolute atomic E-state index is 11.8. The number of benzene rings is 1. The van der Waals surface area contributed by atoms with E-state index in [0.29, 0.717) is 12.8 Å². The van der Waals surface area contributed by atoms with Crippen molar-refractivity contribution in [2.24, 2.45) is 0 Å². The lowest BCUT2D eigenvalue weighted by Gasteiger charge is -2.12. The summed E-state index contributed by atoms with van der Waals surface area (Å²) in [5.74, 6) is 0.662. The minimum atomic E-state index is -0.686. The summed E-state index contributed by atoms with van der Waals surface area (Å²) >= 11 is 0. The Labute approximate surface area is 124 Å². The zero-order valence-corrected chi connectivity index (χ0v) is 12.3. The van der Waals surface area contributed by atoms with Gasteiger partial charge >= 0.3 is 0 Å². The summed E-state index contributed by atoms with van der Waals surface area (Å²) in [5.41, 5.74) is 2.60. The number of carbonyl (C=O) groups is 1. The lowest BCUT2D eigenvalue weighted by Crippen LogP contribution is -2.28. The molecule has 1 aromatic carbocycles. The van der Waals surface area contributed by atoms with Crippen LogP contribution in [-0.2, 0) is 11.2 Å². The lowest BCUT2D eigenvalue weighted by molar-refractivity contribution is -0.121. The van der Waals surface area contributed by atoms with Crippen LogP contribution in [0.2, 0.25) is 0 Å². The van der Waals surface area contributed by atoms with Crippen molar-refractivity contribution in [3.63, 3.8) is 0 Å². The van der Waals surface area contributed by atoms with Crippen molar-refractivity contribution in [1.82, 2.24) is 10.5 Å². The number of amides is 1. The molecule has 1 unspecified atom stereocenters. The van der Waals surface area contributed by atoms with Gasteiger partial charge in [-0.05, 0) is 25.8 Å². The van der Waals surface area contributed by atoms with E-state index in [2.05, 4.69) is 10.5 Å². The van der Waals surface area contributed by atoms with E-state index >= 15 is 0 Å². The second kappa shape index (κ2) is 7.04. The van der Waals surface area contributed by atoms with Crippen LogP contribution >= 0.6 is 0 Å². The van der Waals surface area contributed by atoms with Gasteiger partial charge < -0.3 is 14.9 Å². The molecule has 0 saturated carbocycles. The highest BCUT2D eigenvalue weighted by Gasteiger charge is 2.12. The fourth-order valence-electron chi connectivity index (χ4n) is 2.19. The third-order valence-corrected chi connectivity index (χ3v) is 3.46. The van der Waals surface area contributed by atoms with Crippen LogP contribution < -0.4 is 5.32 Å². The summed E-state index contributed by atoms with van der Waals surface area (Å²) in [6.07, 6.45) is 0.257. The SMILES string of the molecule is Cc1noc(C)c1CCC(=O)NCC(O)c1ccccc1. The molecular weight excluding hydrogens is 268 g/mol. The summed E-state index contributed by atoms with van der Waals surface area (Å²) in [5, 5.41) is 16.6. The Hall–Kier alpha value is -2.14. The molecule has 0 bridgehead atoms. The largest absolute Gasteiger partial charge is 0.387 e. The molecule has 1 amide bonds. The highest BCUT2D eigenvalue weighted by Crippen LogP contribution is 2.14. The maximum Gasteiger partial charge on any atom is 0.220 e. The topological polar surface area (TPSA) is 75.4 Å². The molecule has 2 N–H and O–H groups in total. The van der Waals surface area contributed by atoms with Gasteiger partial charge in [-0.1, -0.05) is 35.5 Å². The number of aryl methyl sites for hydroxylation is 2. The van der Waals surface area contributed by atoms with Crippen molar-refractivity contribution in [2.75, 3.05) is 6.54 Å². The van der Waals surface area contributed by atoms with Crippen molar-refractivity contribution in [3.8, 4) is 0 Å². The third kappa shape index (κ3) is 4.16. The molecule has 0 aliphatic rings. The van der Waals surface area contributed by atoms with Crippen molar-refractivity contribution < 1.29 is 14.4 Å². The predicted molar refractivity (Wildman–Crippen MR) is 78.7 cm³/mol. The number of nitrogens with one attached hydrogen (secondary N) is 1. The summed E-state index contributed by atoms with van der Waals surface area (Å²) in [6.45, 7) is 3.92. The van der Waals surface area contributed by atoms with Crippen LogP contribution in [0.15, 0.2) is 34.9 Å². The van der Waals surface area contributed by atoms with Gasteiger partial charge in [-0.2, -0.15) is 0 Å². The first-order valence-corrected chi connectivity index (χ1v) is 6.99. The van der Waals surface area contributed by atoms with Crippen molar-refractivity contribution in [1.29, 1.82) is 0 Å². The third-order valence-electron chi connectivity index (χ3n) is 3.46. The zero-order valence-electron chi connectivity index (χ0n) is 12.3. The van der Waals surface area contributed by atoms with Gasteiger partial charge in [0.2, 0.25) is 5.91 Å². The molecule has 0 saturated heterocycles. The Morgan fingerprint density at radius 1 is 1.33 bits per heavy atom. The van der Waals surface area contributed by atoms with Crippen LogP contribution in [0.5, 0.6) is 0 Å². The van der Waals surface area contributed by atoms with Gasteiger partial charge in [0, 0.05) is 18.5 Å². The van der Waals surface area contributed by atoms with E-state index in [9.17, 15) is 9.90 Å². The second-order valence-electron chi connectivity index (χ2n) is 5.03. The van der Waals surface area contributed by atoms with Gasteiger partial charge in [-0.3, -0.25) is 4.79 Å².